The number of rotatable bonds is 4. The summed E-state index contributed by atoms with van der Waals surface area (Å²) in [5.41, 5.74) is 1.57. The van der Waals surface area contributed by atoms with Crippen LogP contribution in [-0.2, 0) is 4.74 Å². The van der Waals surface area contributed by atoms with E-state index < -0.39 is 0 Å². The first kappa shape index (κ1) is 13.7. The van der Waals surface area contributed by atoms with Crippen molar-refractivity contribution in [2.45, 2.75) is 19.9 Å². The van der Waals surface area contributed by atoms with Gasteiger partial charge in [-0.05, 0) is 48.1 Å². The molecule has 3 nitrogen and oxygen atoms in total. The van der Waals surface area contributed by atoms with E-state index >= 15 is 0 Å². The molecule has 0 aliphatic rings. The van der Waals surface area contributed by atoms with Gasteiger partial charge in [-0.15, -0.1) is 0 Å². The summed E-state index contributed by atoms with van der Waals surface area (Å²) in [5, 5.41) is 0. The smallest absolute Gasteiger partial charge is 0.178 e. The highest BCUT2D eigenvalue weighted by molar-refractivity contribution is 9.10. The molecule has 18 heavy (non-hydrogen) atoms. The van der Waals surface area contributed by atoms with Crippen molar-refractivity contribution in [1.29, 1.82) is 0 Å². The van der Waals surface area contributed by atoms with Crippen molar-refractivity contribution in [3.05, 3.63) is 27.2 Å². The summed E-state index contributed by atoms with van der Waals surface area (Å²) in [5.74, 6) is -0.302. The van der Waals surface area contributed by atoms with E-state index in [1.807, 2.05) is 18.4 Å². The Hall–Kier alpha value is -0.720. The zero-order chi connectivity index (χ0) is 13.3. The van der Waals surface area contributed by atoms with E-state index in [1.54, 1.807) is 6.07 Å². The molecule has 0 fully saturated rings. The number of ether oxygens (including phenoxy) is 1. The van der Waals surface area contributed by atoms with Crippen molar-refractivity contribution < 1.29 is 9.13 Å². The summed E-state index contributed by atoms with van der Waals surface area (Å²) >= 11 is 8.47. The monoisotopic (exact) mass is 332 g/mol. The Balaban J connectivity index is 2.53. The molecule has 1 atom stereocenters. The second kappa shape index (κ2) is 5.50. The SMILES string of the molecule is CCOCC(C)n1c(=S)[nH]c2cc(F)c(Br)cc21. The summed E-state index contributed by atoms with van der Waals surface area (Å²) in [6.45, 7) is 5.22. The van der Waals surface area contributed by atoms with E-state index in [9.17, 15) is 4.39 Å². The van der Waals surface area contributed by atoms with E-state index in [2.05, 4.69) is 20.9 Å². The van der Waals surface area contributed by atoms with Crippen LogP contribution in [0.25, 0.3) is 11.0 Å². The van der Waals surface area contributed by atoms with Gasteiger partial charge in [-0.2, -0.15) is 0 Å². The Kier molecular flexibility index (Phi) is 4.19. The summed E-state index contributed by atoms with van der Waals surface area (Å²) in [6, 6.07) is 3.28. The average molecular weight is 333 g/mol. The molecule has 1 aromatic heterocycles. The fraction of sp³-hybridized carbons (Fsp3) is 0.417. The Bertz CT molecular complexity index is 622. The Morgan fingerprint density at radius 3 is 2.94 bits per heavy atom. The number of hydrogen-bond donors (Lipinski definition) is 1. The summed E-state index contributed by atoms with van der Waals surface area (Å²) in [7, 11) is 0. The maximum absolute atomic E-state index is 13.5. The van der Waals surface area contributed by atoms with Gasteiger partial charge in [0.25, 0.3) is 0 Å². The third-order valence-corrected chi connectivity index (χ3v) is 3.67. The molecule has 0 spiro atoms. The number of hydrogen-bond acceptors (Lipinski definition) is 2. The van der Waals surface area contributed by atoms with Gasteiger partial charge in [0.15, 0.2) is 4.77 Å². The lowest BCUT2D eigenvalue weighted by molar-refractivity contribution is 0.119. The van der Waals surface area contributed by atoms with Crippen LogP contribution in [0.4, 0.5) is 4.39 Å². The molecule has 98 valence electrons. The van der Waals surface area contributed by atoms with E-state index in [0.717, 1.165) is 5.52 Å². The van der Waals surface area contributed by atoms with Gasteiger partial charge in [0.2, 0.25) is 0 Å². The topological polar surface area (TPSA) is 29.9 Å². The molecule has 0 aliphatic carbocycles. The van der Waals surface area contributed by atoms with Gasteiger partial charge in [-0.1, -0.05) is 0 Å². The number of aromatic nitrogens is 2. The van der Waals surface area contributed by atoms with E-state index in [0.29, 0.717) is 28.0 Å². The second-order valence-electron chi connectivity index (χ2n) is 4.09. The molecule has 0 saturated heterocycles. The quantitative estimate of drug-likeness (QED) is 0.850. The largest absolute Gasteiger partial charge is 0.380 e. The van der Waals surface area contributed by atoms with Crippen molar-refractivity contribution >= 4 is 39.2 Å². The Morgan fingerprint density at radius 1 is 1.56 bits per heavy atom. The average Bonchev–Trinajstić information content (AvgIpc) is 2.62. The van der Waals surface area contributed by atoms with Crippen LogP contribution < -0.4 is 0 Å². The molecule has 1 unspecified atom stereocenters. The number of aromatic amines is 1. The van der Waals surface area contributed by atoms with Gasteiger partial charge in [0.05, 0.1) is 28.2 Å². The van der Waals surface area contributed by atoms with Gasteiger partial charge in [0.1, 0.15) is 5.82 Å². The number of H-pyrrole nitrogens is 1. The van der Waals surface area contributed by atoms with Crippen LogP contribution in [0.2, 0.25) is 0 Å². The third-order valence-electron chi connectivity index (χ3n) is 2.76. The second-order valence-corrected chi connectivity index (χ2v) is 5.33. The molecule has 0 amide bonds. The molecular weight excluding hydrogens is 319 g/mol. The first-order chi connectivity index (χ1) is 8.54. The minimum absolute atomic E-state index is 0.101. The number of nitrogens with one attached hydrogen (secondary N) is 1. The van der Waals surface area contributed by atoms with Crippen molar-refractivity contribution in [2.24, 2.45) is 0 Å². The number of fused-ring (bicyclic) bond motifs is 1. The molecule has 2 aromatic rings. The van der Waals surface area contributed by atoms with Crippen LogP contribution in [-0.4, -0.2) is 22.8 Å². The Morgan fingerprint density at radius 2 is 2.28 bits per heavy atom. The van der Waals surface area contributed by atoms with Crippen LogP contribution in [0, 0.1) is 10.6 Å². The molecular formula is C12H14BrFN2OS. The van der Waals surface area contributed by atoms with E-state index in [4.69, 9.17) is 17.0 Å². The summed E-state index contributed by atoms with van der Waals surface area (Å²) in [4.78, 5) is 3.01. The standard InChI is InChI=1S/C12H14BrFN2OS/c1-3-17-6-7(2)16-11-4-8(13)9(14)5-10(11)15-12(16)18/h4-5,7H,3,6H2,1-2H3,(H,15,18). The Labute approximate surface area is 118 Å². The lowest BCUT2D eigenvalue weighted by Crippen LogP contribution is -2.12. The molecule has 6 heteroatoms. The number of halogens is 2. The molecule has 1 N–H and O–H groups in total. The first-order valence-corrected chi connectivity index (χ1v) is 6.91. The lowest BCUT2D eigenvalue weighted by Gasteiger charge is -2.14. The number of imidazole rings is 1. The molecule has 2 rings (SSSR count). The molecule has 0 saturated carbocycles. The minimum atomic E-state index is -0.302. The highest BCUT2D eigenvalue weighted by Crippen LogP contribution is 2.25. The van der Waals surface area contributed by atoms with Gasteiger partial charge >= 0.3 is 0 Å². The van der Waals surface area contributed by atoms with E-state index in [-0.39, 0.29) is 11.9 Å². The van der Waals surface area contributed by atoms with Crippen molar-refractivity contribution in [3.8, 4) is 0 Å². The van der Waals surface area contributed by atoms with Crippen LogP contribution in [0.3, 0.4) is 0 Å². The minimum Gasteiger partial charge on any atom is -0.380 e. The summed E-state index contributed by atoms with van der Waals surface area (Å²) < 4.78 is 21.8. The van der Waals surface area contributed by atoms with Crippen LogP contribution in [0.1, 0.15) is 19.9 Å². The fourth-order valence-corrected chi connectivity index (χ4v) is 2.64. The summed E-state index contributed by atoms with van der Waals surface area (Å²) in [6.07, 6.45) is 0. The highest BCUT2D eigenvalue weighted by atomic mass is 79.9. The maximum atomic E-state index is 13.5. The highest BCUT2D eigenvalue weighted by Gasteiger charge is 2.13. The normalized spacial score (nSPS) is 13.1. The molecule has 0 radical (unpaired) electrons. The number of nitrogens with zero attached hydrogens (tertiary/aromatic N) is 1. The van der Waals surface area contributed by atoms with Crippen LogP contribution in [0.5, 0.6) is 0 Å². The zero-order valence-corrected chi connectivity index (χ0v) is 12.6. The number of benzene rings is 1. The van der Waals surface area contributed by atoms with Crippen molar-refractivity contribution in [2.75, 3.05) is 13.2 Å². The molecule has 0 aliphatic heterocycles. The van der Waals surface area contributed by atoms with Gasteiger partial charge < -0.3 is 14.3 Å². The van der Waals surface area contributed by atoms with E-state index in [1.165, 1.54) is 6.07 Å². The maximum Gasteiger partial charge on any atom is 0.178 e. The first-order valence-electron chi connectivity index (χ1n) is 5.71. The van der Waals surface area contributed by atoms with Crippen molar-refractivity contribution in [3.63, 3.8) is 0 Å². The molecule has 0 bridgehead atoms. The molecule has 1 heterocycles. The predicted molar refractivity (Wildman–Crippen MR) is 76.0 cm³/mol. The van der Waals surface area contributed by atoms with Gasteiger partial charge in [-0.3, -0.25) is 0 Å². The van der Waals surface area contributed by atoms with Crippen LogP contribution >= 0.6 is 28.1 Å². The van der Waals surface area contributed by atoms with Crippen LogP contribution in [0.15, 0.2) is 16.6 Å². The third kappa shape index (κ3) is 2.50. The fourth-order valence-electron chi connectivity index (χ4n) is 1.92. The van der Waals surface area contributed by atoms with Gasteiger partial charge in [-0.25, -0.2) is 4.39 Å². The zero-order valence-electron chi connectivity index (χ0n) is 10.2. The predicted octanol–water partition coefficient (Wildman–Crippen LogP) is 4.20. The van der Waals surface area contributed by atoms with Gasteiger partial charge in [0, 0.05) is 12.7 Å². The van der Waals surface area contributed by atoms with Crippen molar-refractivity contribution in [1.82, 2.24) is 9.55 Å². The molecule has 1 aromatic carbocycles. The lowest BCUT2D eigenvalue weighted by atomic mass is 10.3.